The Balaban J connectivity index is 1.76. The van der Waals surface area contributed by atoms with E-state index in [1.807, 2.05) is 6.07 Å². The van der Waals surface area contributed by atoms with E-state index >= 15 is 0 Å². The van der Waals surface area contributed by atoms with Crippen LogP contribution in [0.15, 0.2) is 12.1 Å². The van der Waals surface area contributed by atoms with Crippen LogP contribution in [0.25, 0.3) is 0 Å². The van der Waals surface area contributed by atoms with E-state index in [1.54, 1.807) is 0 Å². The molecule has 2 saturated carbocycles. The molecule has 3 heteroatoms. The Bertz CT molecular complexity index is 663. The van der Waals surface area contributed by atoms with Crippen LogP contribution in [-0.4, -0.2) is 24.4 Å². The molecule has 4 rings (SSSR count). The van der Waals surface area contributed by atoms with Crippen molar-refractivity contribution in [2.24, 2.45) is 17.3 Å². The van der Waals surface area contributed by atoms with Gasteiger partial charge in [0.15, 0.2) is 0 Å². The third-order valence-electron chi connectivity index (χ3n) is 7.59. The fourth-order valence-electron chi connectivity index (χ4n) is 6.46. The second-order valence-corrected chi connectivity index (χ2v) is 14.8. The highest BCUT2D eigenvalue weighted by Crippen LogP contribution is 2.60. The summed E-state index contributed by atoms with van der Waals surface area (Å²) in [5, 5.41) is 22.4. The first-order chi connectivity index (χ1) is 11.2. The maximum Gasteiger partial charge on any atom is 0.115 e. The van der Waals surface area contributed by atoms with Gasteiger partial charge in [-0.2, -0.15) is 0 Å². The van der Waals surface area contributed by atoms with E-state index in [0.29, 0.717) is 17.6 Å². The summed E-state index contributed by atoms with van der Waals surface area (Å²) in [6.45, 7) is 9.38. The summed E-state index contributed by atoms with van der Waals surface area (Å²) < 4.78 is 0. The van der Waals surface area contributed by atoms with Gasteiger partial charge in [0, 0.05) is 0 Å². The third kappa shape index (κ3) is 2.24. The van der Waals surface area contributed by atoms with Crippen molar-refractivity contribution in [1.29, 1.82) is 0 Å². The second kappa shape index (κ2) is 5.34. The van der Waals surface area contributed by atoms with Crippen LogP contribution in [0.1, 0.15) is 56.1 Å². The molecule has 2 nitrogen and oxygen atoms in total. The van der Waals surface area contributed by atoms with E-state index in [-0.39, 0.29) is 11.5 Å². The topological polar surface area (TPSA) is 40.5 Å². The molecule has 0 radical (unpaired) electrons. The minimum Gasteiger partial charge on any atom is -0.508 e. The predicted octanol–water partition coefficient (Wildman–Crippen LogP) is 4.15. The van der Waals surface area contributed by atoms with Crippen molar-refractivity contribution >= 4 is 13.3 Å². The van der Waals surface area contributed by atoms with Crippen LogP contribution < -0.4 is 5.19 Å². The fourth-order valence-corrected chi connectivity index (χ4v) is 8.49. The van der Waals surface area contributed by atoms with Crippen LogP contribution in [0.4, 0.5) is 0 Å². The number of aliphatic hydroxyl groups excluding tert-OH is 1. The van der Waals surface area contributed by atoms with Gasteiger partial charge in [0.1, 0.15) is 5.75 Å². The second-order valence-electron chi connectivity index (χ2n) is 9.83. The standard InChI is InChI=1S/C21H32O2Si/c1-21-12-11-14-13-7-9-18(22)20(24(2,3)4)16(13)6-5-15(14)17(21)8-10-19(21)23/h7,9,14-15,17,19,22-23H,5-6,8,10-12H2,1-4H3/t14-,15-,17+,19+,21+/m1/s1. The minimum absolute atomic E-state index is 0.0952. The van der Waals surface area contributed by atoms with Gasteiger partial charge in [0.2, 0.25) is 0 Å². The van der Waals surface area contributed by atoms with E-state index in [9.17, 15) is 10.2 Å². The number of phenols is 1. The molecule has 0 aromatic heterocycles. The molecule has 1 aromatic rings. The lowest BCUT2D eigenvalue weighted by Crippen LogP contribution is -2.47. The lowest BCUT2D eigenvalue weighted by atomic mass is 9.55. The number of hydrogen-bond acceptors (Lipinski definition) is 2. The average molecular weight is 345 g/mol. The Kier molecular flexibility index (Phi) is 3.71. The average Bonchev–Trinajstić information content (AvgIpc) is 2.81. The van der Waals surface area contributed by atoms with E-state index in [0.717, 1.165) is 25.2 Å². The summed E-state index contributed by atoms with van der Waals surface area (Å²) in [5.41, 5.74) is 3.17. The number of phenolic OH excluding ortho intramolecular Hbond substituents is 1. The van der Waals surface area contributed by atoms with Gasteiger partial charge in [-0.05, 0) is 84.1 Å². The van der Waals surface area contributed by atoms with Crippen LogP contribution >= 0.6 is 0 Å². The van der Waals surface area contributed by atoms with Crippen LogP contribution in [0.5, 0.6) is 5.75 Å². The van der Waals surface area contributed by atoms with Gasteiger partial charge in [0.25, 0.3) is 0 Å². The van der Waals surface area contributed by atoms with Gasteiger partial charge in [-0.3, -0.25) is 0 Å². The lowest BCUT2D eigenvalue weighted by Gasteiger charge is -2.50. The van der Waals surface area contributed by atoms with Gasteiger partial charge in [-0.1, -0.05) is 32.6 Å². The van der Waals surface area contributed by atoms with Gasteiger partial charge in [-0.15, -0.1) is 0 Å². The first-order valence-corrected chi connectivity index (χ1v) is 13.3. The van der Waals surface area contributed by atoms with E-state index in [1.165, 1.54) is 35.6 Å². The smallest absolute Gasteiger partial charge is 0.115 e. The lowest BCUT2D eigenvalue weighted by molar-refractivity contribution is -0.0225. The quantitative estimate of drug-likeness (QED) is 0.751. The first kappa shape index (κ1) is 16.7. The number of aromatic hydroxyl groups is 1. The monoisotopic (exact) mass is 344 g/mol. The van der Waals surface area contributed by atoms with Crippen LogP contribution in [0, 0.1) is 17.3 Å². The highest BCUT2D eigenvalue weighted by Gasteiger charge is 2.54. The van der Waals surface area contributed by atoms with Crippen molar-refractivity contribution in [3.8, 4) is 5.75 Å². The van der Waals surface area contributed by atoms with Gasteiger partial charge >= 0.3 is 0 Å². The Hall–Kier alpha value is -0.803. The molecule has 0 bridgehead atoms. The van der Waals surface area contributed by atoms with Gasteiger partial charge in [-0.25, -0.2) is 0 Å². The number of fused-ring (bicyclic) bond motifs is 5. The number of rotatable bonds is 1. The molecule has 5 atom stereocenters. The Labute approximate surface area is 147 Å². The Morgan fingerprint density at radius 3 is 2.54 bits per heavy atom. The summed E-state index contributed by atoms with van der Waals surface area (Å²) >= 11 is 0. The molecule has 3 aliphatic rings. The highest BCUT2D eigenvalue weighted by molar-refractivity contribution is 6.89. The zero-order valence-electron chi connectivity index (χ0n) is 15.6. The van der Waals surface area contributed by atoms with Crippen molar-refractivity contribution in [2.75, 3.05) is 0 Å². The summed E-state index contributed by atoms with van der Waals surface area (Å²) in [6, 6.07) is 4.19. The Morgan fingerprint density at radius 2 is 1.83 bits per heavy atom. The summed E-state index contributed by atoms with van der Waals surface area (Å²) in [6.07, 6.45) is 6.82. The maximum atomic E-state index is 10.5. The zero-order valence-corrected chi connectivity index (χ0v) is 16.6. The third-order valence-corrected chi connectivity index (χ3v) is 9.65. The molecular formula is C21H32O2Si. The summed E-state index contributed by atoms with van der Waals surface area (Å²) in [7, 11) is -1.56. The zero-order chi connectivity index (χ0) is 17.3. The van der Waals surface area contributed by atoms with Crippen molar-refractivity contribution in [2.45, 2.75) is 77.1 Å². The van der Waals surface area contributed by atoms with Crippen LogP contribution in [0.3, 0.4) is 0 Å². The minimum atomic E-state index is -1.56. The van der Waals surface area contributed by atoms with Crippen molar-refractivity contribution in [3.05, 3.63) is 23.3 Å². The number of benzene rings is 1. The molecule has 0 amide bonds. The van der Waals surface area contributed by atoms with E-state index in [4.69, 9.17) is 0 Å². The molecule has 2 N–H and O–H groups in total. The van der Waals surface area contributed by atoms with Crippen LogP contribution in [-0.2, 0) is 6.42 Å². The van der Waals surface area contributed by atoms with Gasteiger partial charge in [0.05, 0.1) is 14.2 Å². The molecule has 0 heterocycles. The summed E-state index contributed by atoms with van der Waals surface area (Å²) in [5.74, 6) is 2.59. The van der Waals surface area contributed by atoms with E-state index < -0.39 is 8.07 Å². The van der Waals surface area contributed by atoms with E-state index in [2.05, 4.69) is 32.6 Å². The normalized spacial score (nSPS) is 38.4. The molecule has 0 spiro atoms. The number of hydrogen-bond donors (Lipinski definition) is 2. The number of aliphatic hydroxyl groups is 1. The molecule has 1 aromatic carbocycles. The van der Waals surface area contributed by atoms with Crippen molar-refractivity contribution in [3.63, 3.8) is 0 Å². The van der Waals surface area contributed by atoms with Crippen molar-refractivity contribution in [1.82, 2.24) is 0 Å². The largest absolute Gasteiger partial charge is 0.508 e. The first-order valence-electron chi connectivity index (χ1n) is 9.77. The Morgan fingerprint density at radius 1 is 1.08 bits per heavy atom. The summed E-state index contributed by atoms with van der Waals surface area (Å²) in [4.78, 5) is 0. The molecule has 3 aliphatic carbocycles. The predicted molar refractivity (Wildman–Crippen MR) is 102 cm³/mol. The fraction of sp³-hybridized carbons (Fsp3) is 0.714. The molecule has 0 unspecified atom stereocenters. The van der Waals surface area contributed by atoms with Crippen molar-refractivity contribution < 1.29 is 10.2 Å². The maximum absolute atomic E-state index is 10.5. The molecule has 0 aliphatic heterocycles. The molecule has 132 valence electrons. The SMILES string of the molecule is C[C@]12CC[C@@H]3c4ccc(O)c([Si](C)(C)C)c4CC[C@H]3[C@@H]1CC[C@@H]2O. The van der Waals surface area contributed by atoms with Gasteiger partial charge < -0.3 is 10.2 Å². The molecular weight excluding hydrogens is 312 g/mol. The molecule has 0 saturated heterocycles. The van der Waals surface area contributed by atoms with Crippen LogP contribution in [0.2, 0.25) is 19.6 Å². The molecule has 24 heavy (non-hydrogen) atoms. The molecule has 2 fully saturated rings. The highest BCUT2D eigenvalue weighted by atomic mass is 28.3.